The quantitative estimate of drug-likeness (QED) is 0.452. The molecule has 0 radical (unpaired) electrons. The van der Waals surface area contributed by atoms with Crippen LogP contribution in [-0.4, -0.2) is 26.3 Å². The molecule has 0 aliphatic heterocycles. The van der Waals surface area contributed by atoms with Crippen molar-refractivity contribution in [3.05, 3.63) is 21.1 Å². The van der Waals surface area contributed by atoms with Crippen LogP contribution in [0.2, 0.25) is 0 Å². The minimum atomic E-state index is -4.31. The van der Waals surface area contributed by atoms with Gasteiger partial charge in [-0.3, -0.25) is 0 Å². The molecule has 114 valence electrons. The van der Waals surface area contributed by atoms with Gasteiger partial charge in [0.05, 0.1) is 20.4 Å². The lowest BCUT2D eigenvalue weighted by atomic mass is 10.3. The van der Waals surface area contributed by atoms with Crippen molar-refractivity contribution in [1.29, 1.82) is 0 Å². The van der Waals surface area contributed by atoms with Crippen molar-refractivity contribution in [2.75, 3.05) is 12.4 Å². The van der Waals surface area contributed by atoms with E-state index >= 15 is 0 Å². The van der Waals surface area contributed by atoms with Crippen molar-refractivity contribution in [2.24, 2.45) is 0 Å². The average molecular weight is 479 g/mol. The molecule has 0 spiro atoms. The van der Waals surface area contributed by atoms with E-state index in [1.165, 1.54) is 12.1 Å². The van der Waals surface area contributed by atoms with Crippen LogP contribution >= 0.6 is 54.3 Å². The summed E-state index contributed by atoms with van der Waals surface area (Å²) in [6, 6.07) is 2.42. The van der Waals surface area contributed by atoms with Gasteiger partial charge in [-0.05, 0) is 55.8 Å². The lowest BCUT2D eigenvalue weighted by molar-refractivity contribution is -0.0329. The third-order valence-electron chi connectivity index (χ3n) is 1.85. The summed E-state index contributed by atoms with van der Waals surface area (Å²) in [6.07, 6.45) is 0. The molecule has 0 heterocycles. The van der Waals surface area contributed by atoms with Gasteiger partial charge in [-0.2, -0.15) is 13.2 Å². The molecule has 0 fully saturated rings. The van der Waals surface area contributed by atoms with E-state index in [1.54, 1.807) is 0 Å². The van der Waals surface area contributed by atoms with Crippen molar-refractivity contribution in [1.82, 2.24) is 0 Å². The van der Waals surface area contributed by atoms with Gasteiger partial charge in [-0.1, -0.05) is 0 Å². The first-order valence-electron chi connectivity index (χ1n) is 4.78. The monoisotopic (exact) mass is 476 g/mol. The zero-order valence-corrected chi connectivity index (χ0v) is 14.9. The molecule has 1 aromatic rings. The van der Waals surface area contributed by atoms with Crippen molar-refractivity contribution >= 4 is 63.4 Å². The first-order chi connectivity index (χ1) is 9.00. The molecular weight excluding hydrogens is 472 g/mol. The van der Waals surface area contributed by atoms with Crippen LogP contribution in [0.5, 0.6) is 5.75 Å². The van der Waals surface area contributed by atoms with Gasteiger partial charge in [0, 0.05) is 16.4 Å². The fourth-order valence-electron chi connectivity index (χ4n) is 1.12. The fraction of sp³-hybridized carbons (Fsp3) is 0.333. The van der Waals surface area contributed by atoms with Crippen molar-refractivity contribution in [3.8, 4) is 5.75 Å². The molecule has 0 saturated heterocycles. The van der Waals surface area contributed by atoms with E-state index < -0.39 is 14.6 Å². The predicted octanol–water partition coefficient (Wildman–Crippen LogP) is 4.77. The Hall–Kier alpha value is 0.360. The zero-order chi connectivity index (χ0) is 15.6. The van der Waals surface area contributed by atoms with Crippen LogP contribution in [0.25, 0.3) is 0 Å². The van der Waals surface area contributed by atoms with Gasteiger partial charge in [-0.25, -0.2) is 8.42 Å². The molecule has 11 heteroatoms. The molecule has 0 bridgehead atoms. The second-order valence-electron chi connectivity index (χ2n) is 3.30. The maximum Gasteiger partial charge on any atom is 0.441 e. The molecule has 0 unspecified atom stereocenters. The van der Waals surface area contributed by atoms with Gasteiger partial charge in [0.15, 0.2) is 0 Å². The highest BCUT2D eigenvalue weighted by molar-refractivity contribution is 9.11. The summed E-state index contributed by atoms with van der Waals surface area (Å²) in [5.41, 5.74) is -4.31. The number of hydrogen-bond acceptors (Lipinski definition) is 4. The fourth-order valence-corrected chi connectivity index (χ4v) is 4.02. The second-order valence-corrected chi connectivity index (χ2v) is 8.73. The number of benzene rings is 1. The molecule has 0 amide bonds. The van der Waals surface area contributed by atoms with Crippen LogP contribution in [0.15, 0.2) is 26.0 Å². The van der Waals surface area contributed by atoms with Gasteiger partial charge in [-0.15, -0.1) is 0 Å². The lowest BCUT2D eigenvalue weighted by Gasteiger charge is -2.12. The molecule has 0 atom stereocenters. The van der Waals surface area contributed by atoms with E-state index in [0.29, 0.717) is 0 Å². The Morgan fingerprint density at radius 2 is 1.75 bits per heavy atom. The van der Waals surface area contributed by atoms with E-state index in [2.05, 4.69) is 31.9 Å². The summed E-state index contributed by atoms with van der Waals surface area (Å²) in [5.74, 6) is -0.0744. The topological polar surface area (TPSA) is 43.4 Å². The van der Waals surface area contributed by atoms with E-state index in [9.17, 15) is 21.6 Å². The normalized spacial score (nSPS) is 12.5. The van der Waals surface area contributed by atoms with Crippen LogP contribution in [0.3, 0.4) is 0 Å². The van der Waals surface area contributed by atoms with Gasteiger partial charge in [0.2, 0.25) is 0 Å². The Morgan fingerprint density at radius 1 is 1.25 bits per heavy atom. The van der Waals surface area contributed by atoms with Crippen LogP contribution in [0.4, 0.5) is 13.2 Å². The van der Waals surface area contributed by atoms with Crippen molar-refractivity contribution in [2.45, 2.75) is 10.4 Å². The van der Waals surface area contributed by atoms with Gasteiger partial charge in [0.1, 0.15) is 5.75 Å². The van der Waals surface area contributed by atoms with Gasteiger partial charge in [0.25, 0.3) is 9.05 Å². The Labute approximate surface area is 138 Å². The molecule has 1 aromatic carbocycles. The number of thioether (sulfide) groups is 1. The predicted molar refractivity (Wildman–Crippen MR) is 78.9 cm³/mol. The third-order valence-corrected chi connectivity index (χ3v) is 5.06. The molecule has 0 N–H and O–H groups in total. The molecule has 20 heavy (non-hydrogen) atoms. The summed E-state index contributed by atoms with van der Waals surface area (Å²) < 4.78 is 63.9. The van der Waals surface area contributed by atoms with Crippen LogP contribution in [0.1, 0.15) is 0 Å². The Bertz CT molecular complexity index is 570. The van der Waals surface area contributed by atoms with Gasteiger partial charge < -0.3 is 4.74 Å². The second kappa shape index (κ2) is 7.08. The maximum absolute atomic E-state index is 11.9. The van der Waals surface area contributed by atoms with Crippen LogP contribution < -0.4 is 4.74 Å². The van der Waals surface area contributed by atoms with Gasteiger partial charge >= 0.3 is 5.51 Å². The molecule has 0 aliphatic carbocycles. The molecule has 0 aliphatic rings. The van der Waals surface area contributed by atoms with Crippen LogP contribution in [-0.2, 0) is 9.05 Å². The lowest BCUT2D eigenvalue weighted by Crippen LogP contribution is -2.08. The molecule has 0 saturated carbocycles. The number of halogens is 6. The molecule has 3 nitrogen and oxygen atoms in total. The van der Waals surface area contributed by atoms with E-state index in [0.717, 1.165) is 0 Å². The van der Waals surface area contributed by atoms with Crippen molar-refractivity contribution in [3.63, 3.8) is 0 Å². The number of hydrogen-bond donors (Lipinski definition) is 0. The highest BCUT2D eigenvalue weighted by Crippen LogP contribution is 2.37. The summed E-state index contributed by atoms with van der Waals surface area (Å²) in [6.45, 7) is -0.186. The highest BCUT2D eigenvalue weighted by Gasteiger charge is 2.27. The summed E-state index contributed by atoms with van der Waals surface area (Å²) in [7, 11) is 1.29. The van der Waals surface area contributed by atoms with Crippen LogP contribution in [0, 0.1) is 0 Å². The molecule has 1 rings (SSSR count). The number of alkyl halides is 3. The smallest absolute Gasteiger partial charge is 0.441 e. The molecule has 0 aromatic heterocycles. The van der Waals surface area contributed by atoms with Crippen molar-refractivity contribution < 1.29 is 26.3 Å². The number of rotatable bonds is 5. The first kappa shape index (κ1) is 18.4. The average Bonchev–Trinajstić information content (AvgIpc) is 2.23. The Balaban J connectivity index is 2.78. The highest BCUT2D eigenvalue weighted by atomic mass is 79.9. The molecular formula is C9H6Br2ClF3O3S2. The Kier molecular flexibility index (Phi) is 6.52. The maximum atomic E-state index is 11.9. The summed E-state index contributed by atoms with van der Waals surface area (Å²) >= 11 is 5.95. The standard InChI is InChI=1S/C9H6Br2ClF3O3S2/c10-6-3-5(20(12,16)17)4-7(11)8(6)18-1-2-19-9(13,14)15/h3-4H,1-2H2. The number of ether oxygens (including phenoxy) is 1. The summed E-state index contributed by atoms with van der Waals surface area (Å²) in [5, 5.41) is 0. The Morgan fingerprint density at radius 3 is 2.15 bits per heavy atom. The zero-order valence-electron chi connectivity index (χ0n) is 9.38. The van der Waals surface area contributed by atoms with E-state index in [4.69, 9.17) is 15.4 Å². The minimum absolute atomic E-state index is 0.157. The third kappa shape index (κ3) is 6.00. The van der Waals surface area contributed by atoms with E-state index in [1.807, 2.05) is 0 Å². The largest absolute Gasteiger partial charge is 0.490 e. The SMILES string of the molecule is O=S(=O)(Cl)c1cc(Br)c(OCCSC(F)(F)F)c(Br)c1. The minimum Gasteiger partial charge on any atom is -0.490 e. The summed E-state index contributed by atoms with van der Waals surface area (Å²) in [4.78, 5) is -0.157. The first-order valence-corrected chi connectivity index (χ1v) is 9.66. The van der Waals surface area contributed by atoms with E-state index in [-0.39, 0.29) is 43.7 Å².